The molecule has 2 aliphatic heterocycles. The maximum atomic E-state index is 13.9. The summed E-state index contributed by atoms with van der Waals surface area (Å²) >= 11 is 0. The molecule has 14 heteroatoms. The molecule has 14 nitrogen and oxygen atoms in total. The number of rotatable bonds is 8. The van der Waals surface area contributed by atoms with Gasteiger partial charge < -0.3 is 42.6 Å². The molecule has 2 saturated heterocycles. The van der Waals surface area contributed by atoms with Crippen molar-refractivity contribution in [3.63, 3.8) is 0 Å². The number of hydrogen-bond acceptors (Lipinski definition) is 12. The van der Waals surface area contributed by atoms with Crippen LogP contribution in [0.2, 0.25) is 0 Å². The molecule has 258 valence electrons. The van der Waals surface area contributed by atoms with E-state index < -0.39 is 54.1 Å². The second-order valence-electron chi connectivity index (χ2n) is 12.8. The van der Waals surface area contributed by atoms with Crippen LogP contribution in [0, 0.1) is 0 Å². The smallest absolute Gasteiger partial charge is 0.415 e. The van der Waals surface area contributed by atoms with E-state index in [2.05, 4.69) is 0 Å². The molecule has 2 amide bonds. The molecule has 0 N–H and O–H groups in total. The third-order valence-electron chi connectivity index (χ3n) is 7.11. The first kappa shape index (κ1) is 35.4. The molecule has 2 heterocycles. The van der Waals surface area contributed by atoms with Crippen LogP contribution in [-0.4, -0.2) is 93.1 Å². The van der Waals surface area contributed by atoms with E-state index in [0.717, 1.165) is 4.90 Å². The molecule has 0 radical (unpaired) electrons. The van der Waals surface area contributed by atoms with Crippen molar-refractivity contribution in [1.82, 2.24) is 9.80 Å². The third-order valence-corrected chi connectivity index (χ3v) is 7.11. The predicted octanol–water partition coefficient (Wildman–Crippen LogP) is 5.19. The summed E-state index contributed by atoms with van der Waals surface area (Å²) in [5.74, 6) is 0.951. The molecule has 4 atom stereocenters. The lowest BCUT2D eigenvalue weighted by atomic mass is 10.1. The Balaban J connectivity index is 1.67. The van der Waals surface area contributed by atoms with E-state index in [0.29, 0.717) is 34.1 Å². The van der Waals surface area contributed by atoms with Crippen LogP contribution in [0.4, 0.5) is 9.59 Å². The summed E-state index contributed by atoms with van der Waals surface area (Å²) in [6, 6.07) is 8.77. The quantitative estimate of drug-likeness (QED) is 0.272. The van der Waals surface area contributed by atoms with E-state index in [4.69, 9.17) is 42.6 Å². The summed E-state index contributed by atoms with van der Waals surface area (Å²) in [5, 5.41) is 0. The number of esters is 1. The average molecular weight is 661 g/mol. The zero-order valence-corrected chi connectivity index (χ0v) is 28.5. The largest absolute Gasteiger partial charge is 0.497 e. The van der Waals surface area contributed by atoms with Gasteiger partial charge in [0, 0.05) is 23.3 Å². The molecule has 0 saturated carbocycles. The van der Waals surface area contributed by atoms with Gasteiger partial charge in [-0.3, -0.25) is 4.90 Å². The van der Waals surface area contributed by atoms with Gasteiger partial charge in [-0.05, 0) is 65.8 Å². The fourth-order valence-corrected chi connectivity index (χ4v) is 5.07. The standard InChI is InChI=1S/C33H44N2O12/c1-32(2,3)46-30(37)34-23(17-43-27(34)21-13-11-19(39-7)15-24(21)41-9)29(36)45-26-18-44-28(35(26)31(38)47-33(4,5)6)22-14-12-20(40-8)16-25(22)42-10/h11-16,23,26-28H,17-18H2,1-10H3. The molecule has 2 aliphatic rings. The van der Waals surface area contributed by atoms with Crippen molar-refractivity contribution in [2.75, 3.05) is 41.7 Å². The number of ether oxygens (including phenoxy) is 9. The number of hydrogen-bond donors (Lipinski definition) is 0. The normalized spacial score (nSPS) is 21.2. The molecule has 0 aliphatic carbocycles. The second-order valence-corrected chi connectivity index (χ2v) is 12.8. The van der Waals surface area contributed by atoms with E-state index in [-0.39, 0.29) is 13.2 Å². The number of amides is 2. The molecule has 0 aromatic heterocycles. The molecule has 47 heavy (non-hydrogen) atoms. The van der Waals surface area contributed by atoms with Gasteiger partial charge in [0.05, 0.1) is 35.0 Å². The first-order chi connectivity index (χ1) is 22.1. The summed E-state index contributed by atoms with van der Waals surface area (Å²) in [5.41, 5.74) is -0.829. The third kappa shape index (κ3) is 8.11. The fraction of sp³-hybridized carbons (Fsp3) is 0.545. The van der Waals surface area contributed by atoms with Crippen LogP contribution >= 0.6 is 0 Å². The molecule has 4 rings (SSSR count). The van der Waals surface area contributed by atoms with E-state index in [9.17, 15) is 14.4 Å². The van der Waals surface area contributed by atoms with Gasteiger partial charge in [0.15, 0.2) is 18.5 Å². The fourth-order valence-electron chi connectivity index (χ4n) is 5.07. The number of benzene rings is 2. The van der Waals surface area contributed by atoms with Crippen LogP contribution in [0.1, 0.15) is 65.1 Å². The zero-order chi connectivity index (χ0) is 34.7. The number of carbonyl (C=O) groups is 3. The van der Waals surface area contributed by atoms with Crippen molar-refractivity contribution >= 4 is 18.2 Å². The maximum absolute atomic E-state index is 13.9. The monoisotopic (exact) mass is 660 g/mol. The number of nitrogens with zero attached hydrogens (tertiary/aromatic N) is 2. The van der Waals surface area contributed by atoms with Gasteiger partial charge in [0.2, 0.25) is 6.23 Å². The van der Waals surface area contributed by atoms with Crippen LogP contribution in [0.25, 0.3) is 0 Å². The number of methoxy groups -OCH3 is 4. The van der Waals surface area contributed by atoms with Crippen molar-refractivity contribution in [2.45, 2.75) is 77.5 Å². The summed E-state index contributed by atoms with van der Waals surface area (Å²) < 4.78 is 51.0. The molecule has 2 aromatic carbocycles. The number of carbonyl (C=O) groups excluding carboxylic acids is 3. The molecule has 0 spiro atoms. The minimum atomic E-state index is -1.25. The van der Waals surface area contributed by atoms with Crippen LogP contribution in [-0.2, 0) is 28.5 Å². The molecule has 0 bridgehead atoms. The molecule has 2 aromatic rings. The Hall–Kier alpha value is -4.43. The Morgan fingerprint density at radius 2 is 1.11 bits per heavy atom. The van der Waals surface area contributed by atoms with Crippen LogP contribution in [0.5, 0.6) is 23.0 Å². The van der Waals surface area contributed by atoms with Crippen molar-refractivity contribution in [1.29, 1.82) is 0 Å². The van der Waals surface area contributed by atoms with Gasteiger partial charge in [-0.15, -0.1) is 0 Å². The minimum absolute atomic E-state index is 0.194. The van der Waals surface area contributed by atoms with Gasteiger partial charge in [0.25, 0.3) is 0 Å². The summed E-state index contributed by atoms with van der Waals surface area (Å²) in [4.78, 5) is 43.5. The van der Waals surface area contributed by atoms with E-state index in [1.165, 1.54) is 33.3 Å². The topological polar surface area (TPSA) is 141 Å². The Bertz CT molecular complexity index is 1450. The molecule has 2 fully saturated rings. The van der Waals surface area contributed by atoms with Gasteiger partial charge in [-0.25, -0.2) is 19.3 Å². The highest BCUT2D eigenvalue weighted by molar-refractivity contribution is 5.83. The highest BCUT2D eigenvalue weighted by Gasteiger charge is 2.50. The maximum Gasteiger partial charge on any atom is 0.415 e. The van der Waals surface area contributed by atoms with E-state index >= 15 is 0 Å². The van der Waals surface area contributed by atoms with Crippen molar-refractivity contribution in [3.05, 3.63) is 47.5 Å². The zero-order valence-electron chi connectivity index (χ0n) is 28.5. The molecular formula is C33H44N2O12. The molecule has 4 unspecified atom stereocenters. The highest BCUT2D eigenvalue weighted by Crippen LogP contribution is 2.41. The predicted molar refractivity (Wildman–Crippen MR) is 166 cm³/mol. The molecular weight excluding hydrogens is 616 g/mol. The lowest BCUT2D eigenvalue weighted by Gasteiger charge is -2.33. The SMILES string of the molecule is COc1ccc(C2OCC(OC(=O)C3COC(c4ccc(OC)cc4OC)N3C(=O)OC(C)(C)C)N2C(=O)OC(C)(C)C)c(OC)c1. The summed E-state index contributed by atoms with van der Waals surface area (Å²) in [7, 11) is 5.98. The Morgan fingerprint density at radius 3 is 1.55 bits per heavy atom. The van der Waals surface area contributed by atoms with E-state index in [1.54, 1.807) is 77.9 Å². The Kier molecular flexibility index (Phi) is 10.7. The second kappa shape index (κ2) is 14.1. The first-order valence-electron chi connectivity index (χ1n) is 15.0. The lowest BCUT2D eigenvalue weighted by Crippen LogP contribution is -2.49. The lowest BCUT2D eigenvalue weighted by molar-refractivity contribution is -0.160. The van der Waals surface area contributed by atoms with Crippen LogP contribution in [0.3, 0.4) is 0 Å². The van der Waals surface area contributed by atoms with Gasteiger partial charge in [-0.2, -0.15) is 0 Å². The summed E-state index contributed by atoms with van der Waals surface area (Å²) in [6.45, 7) is 9.85. The van der Waals surface area contributed by atoms with Crippen LogP contribution in [0.15, 0.2) is 36.4 Å². The minimum Gasteiger partial charge on any atom is -0.497 e. The van der Waals surface area contributed by atoms with Gasteiger partial charge in [0.1, 0.15) is 40.8 Å². The van der Waals surface area contributed by atoms with E-state index in [1.807, 2.05) is 0 Å². The summed E-state index contributed by atoms with van der Waals surface area (Å²) in [6.07, 6.45) is -4.94. The van der Waals surface area contributed by atoms with Crippen molar-refractivity contribution < 1.29 is 57.0 Å². The van der Waals surface area contributed by atoms with Crippen molar-refractivity contribution in [2.24, 2.45) is 0 Å². The average Bonchev–Trinajstić information content (AvgIpc) is 3.63. The highest BCUT2D eigenvalue weighted by atomic mass is 16.6. The Labute approximate surface area is 274 Å². The van der Waals surface area contributed by atoms with Gasteiger partial charge >= 0.3 is 18.2 Å². The van der Waals surface area contributed by atoms with Gasteiger partial charge in [-0.1, -0.05) is 0 Å². The first-order valence-corrected chi connectivity index (χ1v) is 15.0. The van der Waals surface area contributed by atoms with Crippen molar-refractivity contribution in [3.8, 4) is 23.0 Å². The Morgan fingerprint density at radius 1 is 0.660 bits per heavy atom. The van der Waals surface area contributed by atoms with Crippen LogP contribution < -0.4 is 18.9 Å².